The Morgan fingerprint density at radius 2 is 1.80 bits per heavy atom. The van der Waals surface area contributed by atoms with E-state index in [4.69, 9.17) is 8.23 Å². The Labute approximate surface area is 98.5 Å². The van der Waals surface area contributed by atoms with Gasteiger partial charge in [0.05, 0.1) is 0 Å². The summed E-state index contributed by atoms with van der Waals surface area (Å²) in [6.07, 6.45) is 3.69. The van der Waals surface area contributed by atoms with Crippen LogP contribution in [0.2, 0.25) is 32.2 Å². The predicted octanol–water partition coefficient (Wildman–Crippen LogP) is 2.38. The highest BCUT2D eigenvalue weighted by atomic mass is 28.5. The summed E-state index contributed by atoms with van der Waals surface area (Å²) in [5.41, 5.74) is 0. The van der Waals surface area contributed by atoms with Gasteiger partial charge in [-0.05, 0) is 38.7 Å². The van der Waals surface area contributed by atoms with Gasteiger partial charge in [0, 0.05) is 6.42 Å². The van der Waals surface area contributed by atoms with Gasteiger partial charge in [-0.15, -0.1) is 0 Å². The maximum atomic E-state index is 10.2. The third kappa shape index (κ3) is 8.09. The van der Waals surface area contributed by atoms with Gasteiger partial charge in [0.1, 0.15) is 6.29 Å². The summed E-state index contributed by atoms with van der Waals surface area (Å²) in [6, 6.07) is 1.09. The molecule has 0 aromatic carbocycles. The van der Waals surface area contributed by atoms with Crippen LogP contribution in [0.15, 0.2) is 0 Å². The van der Waals surface area contributed by atoms with Crippen LogP contribution in [0.4, 0.5) is 0 Å². The van der Waals surface area contributed by atoms with E-state index in [-0.39, 0.29) is 0 Å². The van der Waals surface area contributed by atoms with Crippen LogP contribution < -0.4 is 0 Å². The lowest BCUT2D eigenvalue weighted by atomic mass is 10.3. The molecule has 0 bridgehead atoms. The maximum Gasteiger partial charge on any atom is 0.310 e. The first kappa shape index (κ1) is 15.2. The molecule has 0 aromatic heterocycles. The molecule has 0 aliphatic carbocycles. The zero-order valence-electron chi connectivity index (χ0n) is 10.1. The molecule has 87 valence electrons. The standard InChI is InChI=1S/C9H21O3Si3/c1-14(2,9-7-5-6-8-10)12-15(3,4)11-13/h8H,5-7,9H2,1-4H3. The summed E-state index contributed by atoms with van der Waals surface area (Å²) in [7, 11) is -0.518. The van der Waals surface area contributed by atoms with E-state index in [1.807, 2.05) is 13.1 Å². The first-order valence-electron chi connectivity index (χ1n) is 5.31. The molecule has 0 saturated carbocycles. The van der Waals surface area contributed by atoms with Crippen LogP contribution in [0.1, 0.15) is 19.3 Å². The molecule has 0 aliphatic rings. The summed E-state index contributed by atoms with van der Waals surface area (Å²) in [4.78, 5) is 10.2. The van der Waals surface area contributed by atoms with Crippen molar-refractivity contribution in [3.8, 4) is 0 Å². The van der Waals surface area contributed by atoms with Crippen LogP contribution in [0, 0.1) is 0 Å². The second-order valence-electron chi connectivity index (χ2n) is 4.78. The van der Waals surface area contributed by atoms with E-state index >= 15 is 0 Å². The molecule has 6 heteroatoms. The fourth-order valence-electron chi connectivity index (χ4n) is 1.52. The van der Waals surface area contributed by atoms with Crippen LogP contribution in [0.3, 0.4) is 0 Å². The number of carbonyl (C=O) groups is 1. The summed E-state index contributed by atoms with van der Waals surface area (Å²) < 4.78 is 11.3. The van der Waals surface area contributed by atoms with E-state index in [1.54, 1.807) is 0 Å². The summed E-state index contributed by atoms with van der Waals surface area (Å²) in [5, 5.41) is 0. The van der Waals surface area contributed by atoms with Crippen LogP contribution in [0.5, 0.6) is 0 Å². The van der Waals surface area contributed by atoms with Crippen molar-refractivity contribution in [1.29, 1.82) is 0 Å². The minimum Gasteiger partial charge on any atom is -0.437 e. The molecule has 3 nitrogen and oxygen atoms in total. The van der Waals surface area contributed by atoms with Crippen molar-refractivity contribution in [2.75, 3.05) is 0 Å². The lowest BCUT2D eigenvalue weighted by Crippen LogP contribution is -2.46. The second-order valence-corrected chi connectivity index (χ2v) is 13.2. The molecule has 0 amide bonds. The van der Waals surface area contributed by atoms with Gasteiger partial charge >= 0.3 is 8.56 Å². The number of hydrogen-bond acceptors (Lipinski definition) is 3. The molecule has 0 N–H and O–H groups in total. The summed E-state index contributed by atoms with van der Waals surface area (Å²) >= 11 is 0. The Morgan fingerprint density at radius 3 is 2.27 bits per heavy atom. The van der Waals surface area contributed by atoms with Crippen molar-refractivity contribution in [1.82, 2.24) is 0 Å². The highest BCUT2D eigenvalue weighted by Crippen LogP contribution is 2.21. The number of rotatable bonds is 8. The Bertz CT molecular complexity index is 195. The van der Waals surface area contributed by atoms with Crippen molar-refractivity contribution in [2.24, 2.45) is 0 Å². The highest BCUT2D eigenvalue weighted by molar-refractivity contribution is 6.83. The van der Waals surface area contributed by atoms with Gasteiger partial charge in [-0.1, -0.05) is 6.42 Å². The molecular formula is C9H21O3Si3. The van der Waals surface area contributed by atoms with E-state index in [9.17, 15) is 4.79 Å². The molecule has 0 fully saturated rings. The van der Waals surface area contributed by atoms with Gasteiger partial charge in [-0.3, -0.25) is 0 Å². The Kier molecular flexibility index (Phi) is 6.85. The van der Waals surface area contributed by atoms with Crippen LogP contribution in [-0.2, 0) is 13.0 Å². The molecule has 0 atom stereocenters. The number of unbranched alkanes of at least 4 members (excludes halogenated alkanes) is 2. The lowest BCUT2D eigenvalue weighted by molar-refractivity contribution is -0.107. The average molecular weight is 262 g/mol. The molecule has 15 heavy (non-hydrogen) atoms. The first-order chi connectivity index (χ1) is 6.83. The molecule has 0 aliphatic heterocycles. The molecule has 0 unspecified atom stereocenters. The molecule has 0 heterocycles. The van der Waals surface area contributed by atoms with Gasteiger partial charge in [-0.25, -0.2) is 0 Å². The van der Waals surface area contributed by atoms with Gasteiger partial charge in [-0.2, -0.15) is 0 Å². The van der Waals surface area contributed by atoms with E-state index < -0.39 is 16.9 Å². The topological polar surface area (TPSA) is 35.5 Å². The molecule has 3 radical (unpaired) electrons. The van der Waals surface area contributed by atoms with E-state index in [2.05, 4.69) is 23.6 Å². The van der Waals surface area contributed by atoms with Crippen molar-refractivity contribution in [3.63, 3.8) is 0 Å². The van der Waals surface area contributed by atoms with Gasteiger partial charge in [0.25, 0.3) is 0 Å². The van der Waals surface area contributed by atoms with Crippen molar-refractivity contribution in [3.05, 3.63) is 0 Å². The molecule has 0 aromatic rings. The lowest BCUT2D eigenvalue weighted by Gasteiger charge is -2.32. The third-order valence-corrected chi connectivity index (χ3v) is 9.82. The van der Waals surface area contributed by atoms with Crippen molar-refractivity contribution >= 4 is 33.7 Å². The average Bonchev–Trinajstić information content (AvgIpc) is 2.11. The Hall–Kier alpha value is 0.241. The zero-order valence-corrected chi connectivity index (χ0v) is 13.1. The maximum absolute atomic E-state index is 10.2. The predicted molar refractivity (Wildman–Crippen MR) is 67.6 cm³/mol. The van der Waals surface area contributed by atoms with Crippen molar-refractivity contribution in [2.45, 2.75) is 51.5 Å². The summed E-state index contributed by atoms with van der Waals surface area (Å²) in [5.74, 6) is 0. The minimum atomic E-state index is -1.98. The third-order valence-electron chi connectivity index (χ3n) is 2.12. The number of hydrogen-bond donors (Lipinski definition) is 0. The van der Waals surface area contributed by atoms with Crippen LogP contribution in [-0.4, -0.2) is 33.7 Å². The number of carbonyl (C=O) groups excluding carboxylic acids is 1. The monoisotopic (exact) mass is 261 g/mol. The normalized spacial score (nSPS) is 12.9. The smallest absolute Gasteiger partial charge is 0.310 e. The van der Waals surface area contributed by atoms with Gasteiger partial charge < -0.3 is 13.0 Å². The fourth-order valence-corrected chi connectivity index (χ4v) is 8.89. The van der Waals surface area contributed by atoms with Gasteiger partial charge in [0.15, 0.2) is 8.32 Å². The minimum absolute atomic E-state index is 0.667. The van der Waals surface area contributed by atoms with E-state index in [0.29, 0.717) is 6.42 Å². The zero-order chi connectivity index (χ0) is 11.9. The molecule has 0 saturated heterocycles. The second kappa shape index (κ2) is 6.74. The summed E-state index contributed by atoms with van der Waals surface area (Å²) in [6.45, 7) is 8.46. The first-order valence-corrected chi connectivity index (χ1v) is 11.7. The molecular weight excluding hydrogens is 240 g/mol. The van der Waals surface area contributed by atoms with E-state index in [0.717, 1.165) is 25.2 Å². The SMILES string of the molecule is C[Si](C)(CCCCC=O)O[Si](C)(C)O[Si]. The van der Waals surface area contributed by atoms with Crippen molar-refractivity contribution < 1.29 is 13.0 Å². The largest absolute Gasteiger partial charge is 0.437 e. The quantitative estimate of drug-likeness (QED) is 0.382. The van der Waals surface area contributed by atoms with Crippen LogP contribution in [0.25, 0.3) is 0 Å². The molecule has 0 rings (SSSR count). The van der Waals surface area contributed by atoms with E-state index in [1.165, 1.54) is 0 Å². The molecule has 0 spiro atoms. The number of aldehydes is 1. The van der Waals surface area contributed by atoms with Crippen LogP contribution >= 0.6 is 0 Å². The Balaban J connectivity index is 3.90. The fraction of sp³-hybridized carbons (Fsp3) is 0.889. The Morgan fingerprint density at radius 1 is 1.20 bits per heavy atom. The highest BCUT2D eigenvalue weighted by Gasteiger charge is 2.32. The van der Waals surface area contributed by atoms with Gasteiger partial charge in [0.2, 0.25) is 10.5 Å².